The number of rotatable bonds is 2. The minimum atomic E-state index is 0.0156. The largest absolute Gasteiger partial charge is 0.359 e. The molecule has 2 amide bonds. The predicted molar refractivity (Wildman–Crippen MR) is 78.8 cm³/mol. The molecule has 1 aliphatic rings. The average Bonchev–Trinajstić information content (AvgIpc) is 3.01. The molecule has 3 rings (SSSR count). The average molecular weight is 286 g/mol. The Hall–Kier alpha value is -2.37. The number of hydrogen-bond acceptors (Lipinski definition) is 3. The summed E-state index contributed by atoms with van der Waals surface area (Å²) < 4.78 is 0. The Labute approximate surface area is 122 Å². The number of amides is 2. The zero-order valence-electron chi connectivity index (χ0n) is 11.9. The number of nitrogens with zero attached hydrogens (tertiary/aromatic N) is 2. The third-order valence-corrected chi connectivity index (χ3v) is 4.09. The van der Waals surface area contributed by atoms with E-state index < -0.39 is 0 Å². The topological polar surface area (TPSA) is 78.1 Å². The van der Waals surface area contributed by atoms with Crippen molar-refractivity contribution in [1.29, 1.82) is 0 Å². The monoisotopic (exact) mass is 286 g/mol. The van der Waals surface area contributed by atoms with Gasteiger partial charge in [-0.15, -0.1) is 0 Å². The lowest BCUT2D eigenvalue weighted by molar-refractivity contribution is -0.125. The van der Waals surface area contributed by atoms with Crippen molar-refractivity contribution in [3.63, 3.8) is 0 Å². The van der Waals surface area contributed by atoms with Gasteiger partial charge in [-0.05, 0) is 25.0 Å². The number of hydrogen-bond donors (Lipinski definition) is 2. The standard InChI is InChI=1S/C15H18N4O2/c1-16-14(20)10-4-6-19(7-5-10)15(21)11-2-3-12-9-17-18-13(12)8-11/h2-3,8-10H,4-7H2,1H3,(H,16,20)(H,17,18). The molecule has 2 aromatic rings. The van der Waals surface area contributed by atoms with Crippen molar-refractivity contribution in [2.75, 3.05) is 20.1 Å². The molecule has 2 heterocycles. The van der Waals surface area contributed by atoms with Crippen LogP contribution in [0.2, 0.25) is 0 Å². The van der Waals surface area contributed by atoms with Crippen LogP contribution in [0.15, 0.2) is 24.4 Å². The van der Waals surface area contributed by atoms with Gasteiger partial charge in [0, 0.05) is 37.0 Å². The maximum Gasteiger partial charge on any atom is 0.253 e. The van der Waals surface area contributed by atoms with Crippen LogP contribution in [0.4, 0.5) is 0 Å². The number of aromatic nitrogens is 2. The normalized spacial score (nSPS) is 16.1. The number of carbonyl (C=O) groups excluding carboxylic acids is 2. The summed E-state index contributed by atoms with van der Waals surface area (Å²) in [5.41, 5.74) is 1.52. The van der Waals surface area contributed by atoms with Crippen molar-refractivity contribution in [2.45, 2.75) is 12.8 Å². The predicted octanol–water partition coefficient (Wildman–Crippen LogP) is 1.16. The van der Waals surface area contributed by atoms with Crippen molar-refractivity contribution in [2.24, 2.45) is 5.92 Å². The minimum Gasteiger partial charge on any atom is -0.359 e. The highest BCUT2D eigenvalue weighted by atomic mass is 16.2. The zero-order valence-corrected chi connectivity index (χ0v) is 11.9. The molecule has 1 saturated heterocycles. The number of H-pyrrole nitrogens is 1. The van der Waals surface area contributed by atoms with Crippen LogP contribution in [0.5, 0.6) is 0 Å². The highest BCUT2D eigenvalue weighted by Crippen LogP contribution is 2.20. The van der Waals surface area contributed by atoms with Crippen molar-refractivity contribution in [3.8, 4) is 0 Å². The van der Waals surface area contributed by atoms with E-state index in [4.69, 9.17) is 0 Å². The Balaban J connectivity index is 1.70. The molecule has 1 aromatic carbocycles. The number of nitrogens with one attached hydrogen (secondary N) is 2. The van der Waals surface area contributed by atoms with Crippen LogP contribution in [0.3, 0.4) is 0 Å². The van der Waals surface area contributed by atoms with Crippen LogP contribution >= 0.6 is 0 Å². The van der Waals surface area contributed by atoms with Gasteiger partial charge in [0.2, 0.25) is 5.91 Å². The van der Waals surface area contributed by atoms with E-state index >= 15 is 0 Å². The van der Waals surface area contributed by atoms with Crippen molar-refractivity contribution in [1.82, 2.24) is 20.4 Å². The summed E-state index contributed by atoms with van der Waals surface area (Å²) in [6, 6.07) is 5.55. The molecule has 0 spiro atoms. The summed E-state index contributed by atoms with van der Waals surface area (Å²) in [4.78, 5) is 25.9. The molecule has 21 heavy (non-hydrogen) atoms. The number of carbonyl (C=O) groups is 2. The molecule has 6 heteroatoms. The Bertz CT molecular complexity index is 671. The number of piperidine rings is 1. The van der Waals surface area contributed by atoms with Crippen LogP contribution in [-0.4, -0.2) is 47.0 Å². The molecule has 1 fully saturated rings. The second kappa shape index (κ2) is 5.55. The summed E-state index contributed by atoms with van der Waals surface area (Å²) in [6.07, 6.45) is 3.17. The molecule has 0 saturated carbocycles. The number of benzene rings is 1. The maximum atomic E-state index is 12.5. The Morgan fingerprint density at radius 3 is 2.81 bits per heavy atom. The first-order valence-electron chi connectivity index (χ1n) is 7.13. The molecule has 1 aliphatic heterocycles. The van der Waals surface area contributed by atoms with E-state index in [1.54, 1.807) is 13.2 Å². The Kier molecular flexibility index (Phi) is 3.60. The first kappa shape index (κ1) is 13.6. The first-order valence-corrected chi connectivity index (χ1v) is 7.13. The molecule has 2 N–H and O–H groups in total. The molecular formula is C15H18N4O2. The van der Waals surface area contributed by atoms with Gasteiger partial charge in [0.25, 0.3) is 5.91 Å². The quantitative estimate of drug-likeness (QED) is 0.869. The fraction of sp³-hybridized carbons (Fsp3) is 0.400. The van der Waals surface area contributed by atoms with E-state index in [1.807, 2.05) is 23.1 Å². The van der Waals surface area contributed by atoms with E-state index in [-0.39, 0.29) is 17.7 Å². The summed E-state index contributed by atoms with van der Waals surface area (Å²) >= 11 is 0. The van der Waals surface area contributed by atoms with Crippen LogP contribution in [0, 0.1) is 5.92 Å². The summed E-state index contributed by atoms with van der Waals surface area (Å²) in [5.74, 6) is 0.108. The van der Waals surface area contributed by atoms with Gasteiger partial charge in [-0.3, -0.25) is 14.7 Å². The molecule has 0 radical (unpaired) electrons. The van der Waals surface area contributed by atoms with Gasteiger partial charge in [0.15, 0.2) is 0 Å². The summed E-state index contributed by atoms with van der Waals surface area (Å²) in [6.45, 7) is 1.25. The van der Waals surface area contributed by atoms with Gasteiger partial charge >= 0.3 is 0 Å². The fourth-order valence-electron chi connectivity index (χ4n) is 2.80. The highest BCUT2D eigenvalue weighted by molar-refractivity contribution is 5.97. The molecular weight excluding hydrogens is 268 g/mol. The van der Waals surface area contributed by atoms with Crippen LogP contribution in [0.1, 0.15) is 23.2 Å². The molecule has 0 unspecified atom stereocenters. The van der Waals surface area contributed by atoms with Crippen molar-refractivity contribution < 1.29 is 9.59 Å². The number of aromatic amines is 1. The number of likely N-dealkylation sites (tertiary alicyclic amines) is 1. The fourth-order valence-corrected chi connectivity index (χ4v) is 2.80. The molecule has 110 valence electrons. The second-order valence-electron chi connectivity index (χ2n) is 5.35. The van der Waals surface area contributed by atoms with E-state index in [0.717, 1.165) is 23.7 Å². The van der Waals surface area contributed by atoms with Crippen LogP contribution in [-0.2, 0) is 4.79 Å². The van der Waals surface area contributed by atoms with Gasteiger partial charge in [0.05, 0.1) is 11.7 Å². The SMILES string of the molecule is CNC(=O)C1CCN(C(=O)c2ccc3cn[nH]c3c2)CC1. The van der Waals surface area contributed by atoms with E-state index in [9.17, 15) is 9.59 Å². The van der Waals surface area contributed by atoms with Gasteiger partial charge in [0.1, 0.15) is 0 Å². The van der Waals surface area contributed by atoms with E-state index in [1.165, 1.54) is 0 Å². The molecule has 1 aromatic heterocycles. The van der Waals surface area contributed by atoms with Crippen LogP contribution in [0.25, 0.3) is 10.9 Å². The summed E-state index contributed by atoms with van der Waals surface area (Å²) in [5, 5.41) is 10.5. The molecule has 6 nitrogen and oxygen atoms in total. The van der Waals surface area contributed by atoms with Gasteiger partial charge in [-0.1, -0.05) is 6.07 Å². The lowest BCUT2D eigenvalue weighted by atomic mass is 9.95. The van der Waals surface area contributed by atoms with Crippen molar-refractivity contribution in [3.05, 3.63) is 30.0 Å². The molecule has 0 aliphatic carbocycles. The molecule has 0 atom stereocenters. The van der Waals surface area contributed by atoms with Crippen molar-refractivity contribution >= 4 is 22.7 Å². The maximum absolute atomic E-state index is 12.5. The molecule has 0 bridgehead atoms. The third-order valence-electron chi connectivity index (χ3n) is 4.09. The Morgan fingerprint density at radius 1 is 1.33 bits per heavy atom. The second-order valence-corrected chi connectivity index (χ2v) is 5.35. The minimum absolute atomic E-state index is 0.0156. The first-order chi connectivity index (χ1) is 10.2. The van der Waals surface area contributed by atoms with E-state index in [0.29, 0.717) is 18.7 Å². The Morgan fingerprint density at radius 2 is 2.10 bits per heavy atom. The van der Waals surface area contributed by atoms with Gasteiger partial charge in [-0.2, -0.15) is 5.10 Å². The highest BCUT2D eigenvalue weighted by Gasteiger charge is 2.27. The zero-order chi connectivity index (χ0) is 14.8. The smallest absolute Gasteiger partial charge is 0.253 e. The van der Waals surface area contributed by atoms with Crippen LogP contribution < -0.4 is 5.32 Å². The van der Waals surface area contributed by atoms with E-state index in [2.05, 4.69) is 15.5 Å². The van der Waals surface area contributed by atoms with Gasteiger partial charge in [-0.25, -0.2) is 0 Å². The third kappa shape index (κ3) is 2.61. The van der Waals surface area contributed by atoms with Gasteiger partial charge < -0.3 is 10.2 Å². The number of fused-ring (bicyclic) bond motifs is 1. The lowest BCUT2D eigenvalue weighted by Gasteiger charge is -2.31. The summed E-state index contributed by atoms with van der Waals surface area (Å²) in [7, 11) is 1.65. The lowest BCUT2D eigenvalue weighted by Crippen LogP contribution is -2.42.